The number of aliphatic hydroxyl groups is 2. The quantitative estimate of drug-likeness (QED) is 0.526. The Balaban J connectivity index is 1.32. The minimum Gasteiger partial charge on any atom is -0.394 e. The van der Waals surface area contributed by atoms with Crippen LogP contribution in [0.15, 0.2) is 0 Å². The Hall–Kier alpha value is -1.14. The van der Waals surface area contributed by atoms with E-state index in [0.717, 1.165) is 0 Å². The van der Waals surface area contributed by atoms with Crippen molar-refractivity contribution in [2.75, 3.05) is 13.2 Å². The molecule has 6 aliphatic carbocycles. The van der Waals surface area contributed by atoms with Crippen LogP contribution in [0.1, 0.15) is 27.7 Å². The Labute approximate surface area is 141 Å². The zero-order valence-electron chi connectivity index (χ0n) is 14.6. The van der Waals surface area contributed by atoms with E-state index in [2.05, 4.69) is 10.6 Å². The monoisotopic (exact) mass is 334 g/mol. The minimum absolute atomic E-state index is 0.0757. The van der Waals surface area contributed by atoms with Gasteiger partial charge in [-0.2, -0.15) is 0 Å². The summed E-state index contributed by atoms with van der Waals surface area (Å²) in [4.78, 5) is 25.6. The molecule has 132 valence electrons. The van der Waals surface area contributed by atoms with E-state index in [0.29, 0.717) is 35.5 Å². The Bertz CT molecular complexity index is 571. The van der Waals surface area contributed by atoms with Crippen LogP contribution in [-0.2, 0) is 9.59 Å². The molecule has 0 bridgehead atoms. The van der Waals surface area contributed by atoms with Crippen LogP contribution in [0.2, 0.25) is 0 Å². The number of amides is 2. The lowest BCUT2D eigenvalue weighted by Gasteiger charge is -3.09. The second-order valence-electron chi connectivity index (χ2n) is 10.0. The van der Waals surface area contributed by atoms with Crippen molar-refractivity contribution in [3.63, 3.8) is 0 Å². The first-order valence-electron chi connectivity index (χ1n) is 8.98. The normalized spacial score (nSPS) is 51.1. The van der Waals surface area contributed by atoms with E-state index in [1.54, 1.807) is 0 Å². The fourth-order valence-electron chi connectivity index (χ4n) is 7.35. The molecule has 6 saturated carbocycles. The summed E-state index contributed by atoms with van der Waals surface area (Å²) in [5.41, 5.74) is -1.62. The molecule has 0 aromatic carbocycles. The third-order valence-corrected chi connectivity index (χ3v) is 8.11. The van der Waals surface area contributed by atoms with Crippen molar-refractivity contribution < 1.29 is 19.8 Å². The zero-order chi connectivity index (χ0) is 17.4. The smallest absolute Gasteiger partial charge is 0.227 e. The van der Waals surface area contributed by atoms with Crippen LogP contribution >= 0.6 is 0 Å². The van der Waals surface area contributed by atoms with Gasteiger partial charge in [0.15, 0.2) is 0 Å². The van der Waals surface area contributed by atoms with Crippen LogP contribution in [0, 0.1) is 46.3 Å². The molecule has 0 aromatic heterocycles. The van der Waals surface area contributed by atoms with Crippen LogP contribution in [0.25, 0.3) is 0 Å². The van der Waals surface area contributed by atoms with E-state index in [1.807, 2.05) is 27.7 Å². The van der Waals surface area contributed by atoms with E-state index in [-0.39, 0.29) is 35.9 Å². The molecule has 0 aliphatic heterocycles. The van der Waals surface area contributed by atoms with Gasteiger partial charge in [0.1, 0.15) is 0 Å². The van der Waals surface area contributed by atoms with Crippen LogP contribution in [0.5, 0.6) is 0 Å². The Morgan fingerprint density at radius 3 is 1.21 bits per heavy atom. The highest BCUT2D eigenvalue weighted by atomic mass is 16.3. The number of rotatable bonds is 6. The Morgan fingerprint density at radius 2 is 1.00 bits per heavy atom. The highest BCUT2D eigenvalue weighted by Crippen LogP contribution is 3.10. The molecule has 6 heteroatoms. The minimum atomic E-state index is -0.591. The van der Waals surface area contributed by atoms with E-state index < -0.39 is 11.1 Å². The predicted octanol–water partition coefficient (Wildman–Crippen LogP) is -0.501. The SMILES string of the molecule is CC(C)(CO)NC(=O)C12C3C4C1C1C2C3C41C(=O)NC(C)(C)CO. The zero-order valence-corrected chi connectivity index (χ0v) is 14.6. The molecule has 24 heavy (non-hydrogen) atoms. The van der Waals surface area contributed by atoms with Gasteiger partial charge in [-0.1, -0.05) is 0 Å². The van der Waals surface area contributed by atoms with Crippen LogP contribution in [0.4, 0.5) is 0 Å². The fourth-order valence-corrected chi connectivity index (χ4v) is 7.35. The topological polar surface area (TPSA) is 98.7 Å². The van der Waals surface area contributed by atoms with Crippen molar-refractivity contribution in [3.05, 3.63) is 0 Å². The van der Waals surface area contributed by atoms with E-state index in [1.165, 1.54) is 0 Å². The first kappa shape index (κ1) is 15.1. The highest BCUT2D eigenvalue weighted by molar-refractivity contribution is 6.00. The molecule has 0 spiro atoms. The summed E-state index contributed by atoms with van der Waals surface area (Å²) in [7, 11) is 0. The number of hydrogen-bond donors (Lipinski definition) is 4. The van der Waals surface area contributed by atoms with Crippen molar-refractivity contribution in [3.8, 4) is 0 Å². The third-order valence-electron chi connectivity index (χ3n) is 8.11. The average molecular weight is 334 g/mol. The van der Waals surface area contributed by atoms with Crippen LogP contribution in [0.3, 0.4) is 0 Å². The lowest BCUT2D eigenvalue weighted by molar-refractivity contribution is -0.624. The van der Waals surface area contributed by atoms with Crippen LogP contribution < -0.4 is 10.6 Å². The van der Waals surface area contributed by atoms with Gasteiger partial charge in [-0.05, 0) is 63.2 Å². The molecule has 6 fully saturated rings. The molecular formula is C18H26N2O4. The number of carbonyl (C=O) groups excluding carboxylic acids is 2. The molecule has 0 aromatic rings. The molecule has 6 rings (SSSR count). The molecule has 0 atom stereocenters. The molecule has 0 radical (unpaired) electrons. The third kappa shape index (κ3) is 1.09. The van der Waals surface area contributed by atoms with E-state index in [9.17, 15) is 19.8 Å². The van der Waals surface area contributed by atoms with Gasteiger partial charge in [-0.25, -0.2) is 0 Å². The van der Waals surface area contributed by atoms with Gasteiger partial charge >= 0.3 is 0 Å². The van der Waals surface area contributed by atoms with E-state index >= 15 is 0 Å². The van der Waals surface area contributed by atoms with Crippen molar-refractivity contribution in [1.29, 1.82) is 0 Å². The van der Waals surface area contributed by atoms with Gasteiger partial charge in [0.25, 0.3) is 0 Å². The Morgan fingerprint density at radius 1 is 0.750 bits per heavy atom. The summed E-state index contributed by atoms with van der Waals surface area (Å²) in [5.74, 6) is 2.41. The van der Waals surface area contributed by atoms with Crippen molar-refractivity contribution in [2.24, 2.45) is 46.3 Å². The maximum Gasteiger partial charge on any atom is 0.227 e. The average Bonchev–Trinajstić information content (AvgIpc) is 2.53. The first-order valence-corrected chi connectivity index (χ1v) is 8.98. The van der Waals surface area contributed by atoms with Gasteiger partial charge in [0.2, 0.25) is 11.8 Å². The maximum absolute atomic E-state index is 12.8. The number of hydrogen-bond acceptors (Lipinski definition) is 4. The van der Waals surface area contributed by atoms with Gasteiger partial charge < -0.3 is 20.8 Å². The summed E-state index contributed by atoms with van der Waals surface area (Å²) in [6.07, 6.45) is 0. The summed E-state index contributed by atoms with van der Waals surface area (Å²) in [6, 6.07) is 0. The summed E-state index contributed by atoms with van der Waals surface area (Å²) < 4.78 is 0. The van der Waals surface area contributed by atoms with Gasteiger partial charge in [0, 0.05) is 0 Å². The molecule has 0 unspecified atom stereocenters. The largest absolute Gasteiger partial charge is 0.394 e. The van der Waals surface area contributed by atoms with Gasteiger partial charge in [-0.15, -0.1) is 0 Å². The lowest BCUT2D eigenvalue weighted by atomic mass is 8.92. The molecule has 0 heterocycles. The summed E-state index contributed by atoms with van der Waals surface area (Å²) >= 11 is 0. The highest BCUT2D eigenvalue weighted by Gasteiger charge is 3.12. The van der Waals surface area contributed by atoms with Crippen molar-refractivity contribution in [1.82, 2.24) is 10.6 Å². The number of carbonyl (C=O) groups is 2. The predicted molar refractivity (Wildman–Crippen MR) is 84.4 cm³/mol. The molecule has 0 saturated heterocycles. The molecule has 6 nitrogen and oxygen atoms in total. The first-order chi connectivity index (χ1) is 11.1. The Kier molecular flexibility index (Phi) is 2.32. The van der Waals surface area contributed by atoms with E-state index in [4.69, 9.17) is 0 Å². The number of nitrogens with one attached hydrogen (secondary N) is 2. The van der Waals surface area contributed by atoms with Crippen LogP contribution in [-0.4, -0.2) is 46.3 Å². The second-order valence-corrected chi connectivity index (χ2v) is 10.0. The second kappa shape index (κ2) is 3.68. The molecule has 2 amide bonds. The lowest BCUT2D eigenvalue weighted by Crippen LogP contribution is -3.12. The van der Waals surface area contributed by atoms with Crippen molar-refractivity contribution >= 4 is 11.8 Å². The summed E-state index contributed by atoms with van der Waals surface area (Å²) in [5, 5.41) is 24.8. The molecular weight excluding hydrogens is 308 g/mol. The molecule has 4 N–H and O–H groups in total. The number of aliphatic hydroxyl groups excluding tert-OH is 2. The maximum atomic E-state index is 12.8. The van der Waals surface area contributed by atoms with Gasteiger partial charge in [0.05, 0.1) is 35.1 Å². The molecule has 6 aliphatic rings. The fraction of sp³-hybridized carbons (Fsp3) is 0.889. The standard InChI is InChI=1S/C18H26N2O4/c1-15(2,5-21)19-13(23)17-7-10-8(17)12-9(17)11(7)18(10,12)14(24)20-16(3,4)6-22/h7-12,21-22H,5-6H2,1-4H3,(H,19,23)(H,20,24). The van der Waals surface area contributed by atoms with Gasteiger partial charge in [-0.3, -0.25) is 9.59 Å². The van der Waals surface area contributed by atoms with Crippen molar-refractivity contribution in [2.45, 2.75) is 38.8 Å². The summed E-state index contributed by atoms with van der Waals surface area (Å²) in [6.45, 7) is 7.17.